The van der Waals surface area contributed by atoms with Gasteiger partial charge in [0, 0.05) is 58.1 Å². The first-order chi connectivity index (χ1) is 31.6. The van der Waals surface area contributed by atoms with Crippen LogP contribution in [0.4, 0.5) is 0 Å². The summed E-state index contributed by atoms with van der Waals surface area (Å²) in [4.78, 5) is 46.0. The molecule has 2 saturated heterocycles. The number of allylic oxidation sites excluding steroid dienone is 4. The van der Waals surface area contributed by atoms with E-state index in [1.807, 2.05) is 0 Å². The van der Waals surface area contributed by atoms with Crippen LogP contribution < -0.4 is 0 Å². The number of esters is 1. The Morgan fingerprint density at radius 2 is 1.35 bits per heavy atom. The molecule has 390 valence electrons. The Morgan fingerprint density at radius 1 is 0.765 bits per heavy atom. The number of Topliss-reactive ketones (excluding diaryl/α,β-unsaturated/α-hetero) is 1. The highest BCUT2D eigenvalue weighted by atomic mass is 28.4. The van der Waals surface area contributed by atoms with E-state index in [1.54, 1.807) is 32.3 Å². The van der Waals surface area contributed by atoms with Crippen molar-refractivity contribution >= 4 is 34.3 Å². The molecule has 68 heavy (non-hydrogen) atoms. The maximum atomic E-state index is 15.0. The van der Waals surface area contributed by atoms with Crippen LogP contribution in [0, 0.1) is 29.6 Å². The van der Waals surface area contributed by atoms with Crippen molar-refractivity contribution in [3.8, 4) is 0 Å². The molecule has 0 aromatic carbocycles. The molecule has 0 unspecified atom stereocenters. The van der Waals surface area contributed by atoms with E-state index in [-0.39, 0.29) is 82.2 Å². The zero-order chi connectivity index (χ0) is 51.1. The van der Waals surface area contributed by atoms with Crippen LogP contribution in [0.15, 0.2) is 35.1 Å². The summed E-state index contributed by atoms with van der Waals surface area (Å²) in [5.41, 5.74) is 2.08. The number of cyclic esters (lactones) is 1. The first-order valence-electron chi connectivity index (χ1n) is 26.3. The average molecular weight is 989 g/mol. The van der Waals surface area contributed by atoms with E-state index in [0.29, 0.717) is 38.0 Å². The lowest BCUT2D eigenvalue weighted by molar-refractivity contribution is -0.162. The van der Waals surface area contributed by atoms with Crippen LogP contribution in [-0.4, -0.2) is 116 Å². The monoisotopic (exact) mass is 988 g/mol. The van der Waals surface area contributed by atoms with Crippen molar-refractivity contribution in [2.24, 2.45) is 29.6 Å². The second kappa shape index (κ2) is 24.5. The van der Waals surface area contributed by atoms with Crippen LogP contribution >= 0.6 is 0 Å². The van der Waals surface area contributed by atoms with Gasteiger partial charge in [0.1, 0.15) is 23.7 Å². The van der Waals surface area contributed by atoms with Gasteiger partial charge in [-0.15, -0.1) is 0 Å². The molecule has 0 radical (unpaired) electrons. The fourth-order valence-corrected chi connectivity index (χ4v) is 13.3. The minimum Gasteiger partial charge on any atom is -0.489 e. The molecule has 0 spiro atoms. The highest BCUT2D eigenvalue weighted by molar-refractivity contribution is 6.74. The number of hydrogen-bond donors (Lipinski definition) is 0. The summed E-state index contributed by atoms with van der Waals surface area (Å²) in [6.07, 6.45) is 11.4. The third kappa shape index (κ3) is 15.0. The van der Waals surface area contributed by atoms with Crippen molar-refractivity contribution in [3.63, 3.8) is 0 Å². The molecule has 1 saturated carbocycles. The molecular weight excluding hydrogens is 891 g/mol. The second-order valence-corrected chi connectivity index (χ2v) is 33.9. The lowest BCUT2D eigenvalue weighted by Gasteiger charge is -2.44. The van der Waals surface area contributed by atoms with Crippen molar-refractivity contribution in [1.29, 1.82) is 0 Å². The minimum absolute atomic E-state index is 0.0121. The van der Waals surface area contributed by atoms with Gasteiger partial charge in [0.05, 0.1) is 30.5 Å². The highest BCUT2D eigenvalue weighted by Gasteiger charge is 2.46. The predicted octanol–water partition coefficient (Wildman–Crippen LogP) is 12.2. The molecule has 13 heteroatoms. The zero-order valence-electron chi connectivity index (χ0n) is 46.3. The van der Waals surface area contributed by atoms with Gasteiger partial charge in [-0.3, -0.25) is 9.59 Å². The second-order valence-electron chi connectivity index (χ2n) is 24.4. The molecule has 13 atom stereocenters. The summed E-state index contributed by atoms with van der Waals surface area (Å²) in [6, 6.07) is -0.779. The van der Waals surface area contributed by atoms with E-state index in [2.05, 4.69) is 121 Å². The number of amides is 1. The van der Waals surface area contributed by atoms with Gasteiger partial charge in [0.25, 0.3) is 5.91 Å². The van der Waals surface area contributed by atoms with Crippen molar-refractivity contribution in [3.05, 3.63) is 35.1 Å². The molecule has 0 aromatic heterocycles. The van der Waals surface area contributed by atoms with Crippen molar-refractivity contribution in [2.75, 3.05) is 27.9 Å². The summed E-state index contributed by atoms with van der Waals surface area (Å²) in [6.45, 7) is 35.6. The quantitative estimate of drug-likeness (QED) is 0.119. The molecular formula is C55H97NO10Si2. The maximum absolute atomic E-state index is 15.0. The summed E-state index contributed by atoms with van der Waals surface area (Å²) in [5.74, 6) is -0.364. The summed E-state index contributed by atoms with van der Waals surface area (Å²) >= 11 is 0. The third-order valence-corrected chi connectivity index (χ3v) is 25.9. The number of carbonyl (C=O) groups excluding carboxylic acids is 3. The number of nitrogens with zero attached hydrogens (tertiary/aromatic N) is 1. The maximum Gasteiger partial charge on any atom is 0.329 e. The number of carbonyl (C=O) groups is 3. The number of hydrogen-bond acceptors (Lipinski definition) is 10. The van der Waals surface area contributed by atoms with Gasteiger partial charge >= 0.3 is 5.97 Å². The van der Waals surface area contributed by atoms with Gasteiger partial charge in [-0.1, -0.05) is 87.0 Å². The molecule has 3 aliphatic heterocycles. The van der Waals surface area contributed by atoms with Gasteiger partial charge in [-0.2, -0.15) is 0 Å². The number of piperidine rings is 1. The van der Waals surface area contributed by atoms with Crippen LogP contribution in [0.1, 0.15) is 154 Å². The standard InChI is InChI=1S/C55H97NO10Si2/c1-20-41-28-35(2)27-36(3)29-48(61-14)52-49(62-15)31-37(4)45(63-52)34-50(58)56-26-22-21-23-42(56)53(59)64-51(39(6)46(33-43(41)57)66-68(18,19)55(10,11)12)38(5)30-40-24-25-44(47(32-40)60-13)65-67(16,17)54(7,8)9/h28,30,34,36-37,39-42,44,46-49,51-52H,20-27,29,31-33H2,1-19H3/b35-28+,38-30+,45-34+/t36-,37-,39+,40-,41+,42-,44+,46-,47+,48-,49-,51+,52+/m0/s1. The van der Waals surface area contributed by atoms with E-state index in [4.69, 9.17) is 32.5 Å². The molecule has 11 nitrogen and oxygen atoms in total. The van der Waals surface area contributed by atoms with E-state index >= 15 is 0 Å². The Labute approximate surface area is 415 Å². The molecule has 4 aliphatic rings. The van der Waals surface area contributed by atoms with Gasteiger partial charge in [-0.25, -0.2) is 4.79 Å². The molecule has 3 fully saturated rings. The number of fused-ring (bicyclic) bond motifs is 3. The molecule has 0 N–H and O–H groups in total. The van der Waals surface area contributed by atoms with Crippen LogP contribution in [0.3, 0.4) is 0 Å². The van der Waals surface area contributed by atoms with Crippen LogP contribution in [0.2, 0.25) is 36.3 Å². The minimum atomic E-state index is -2.47. The predicted molar refractivity (Wildman–Crippen MR) is 278 cm³/mol. The molecule has 4 rings (SSSR count). The number of rotatable bonds is 10. The van der Waals surface area contributed by atoms with Crippen molar-refractivity contribution < 1.29 is 46.9 Å². The largest absolute Gasteiger partial charge is 0.489 e. The topological polar surface area (TPSA) is 119 Å². The first kappa shape index (κ1) is 58.4. The van der Waals surface area contributed by atoms with E-state index < -0.39 is 47.0 Å². The summed E-state index contributed by atoms with van der Waals surface area (Å²) in [7, 11) is 0.686. The zero-order valence-corrected chi connectivity index (χ0v) is 48.3. The third-order valence-electron chi connectivity index (χ3n) is 16.9. The summed E-state index contributed by atoms with van der Waals surface area (Å²) < 4.78 is 46.2. The Balaban J connectivity index is 1.85. The average Bonchev–Trinajstić information content (AvgIpc) is 3.25. The van der Waals surface area contributed by atoms with E-state index in [9.17, 15) is 14.4 Å². The van der Waals surface area contributed by atoms with Crippen LogP contribution in [0.5, 0.6) is 0 Å². The lowest BCUT2D eigenvalue weighted by atomic mass is 9.81. The first-order valence-corrected chi connectivity index (χ1v) is 32.1. The Hall–Kier alpha value is -2.14. The molecule has 2 bridgehead atoms. The fraction of sp³-hybridized carbons (Fsp3) is 0.836. The van der Waals surface area contributed by atoms with Crippen molar-refractivity contribution in [2.45, 2.75) is 239 Å². The Bertz CT molecular complexity index is 1780. The number of ketones is 1. The molecule has 3 heterocycles. The van der Waals surface area contributed by atoms with Crippen molar-refractivity contribution in [1.82, 2.24) is 4.90 Å². The normalized spacial score (nSPS) is 35.8. The Kier molecular flexibility index (Phi) is 21.1. The Morgan fingerprint density at radius 3 is 1.93 bits per heavy atom. The number of ether oxygens (including phenoxy) is 5. The summed E-state index contributed by atoms with van der Waals surface area (Å²) in [5, 5.41) is -0.0528. The van der Waals surface area contributed by atoms with Gasteiger partial charge in [0.2, 0.25) is 0 Å². The van der Waals surface area contributed by atoms with Crippen LogP contribution in [-0.2, 0) is 46.9 Å². The molecule has 1 aliphatic carbocycles. The number of methoxy groups -OCH3 is 3. The fourth-order valence-electron chi connectivity index (χ4n) is 10.5. The highest BCUT2D eigenvalue weighted by Crippen LogP contribution is 2.43. The molecule has 1 amide bonds. The van der Waals surface area contributed by atoms with Gasteiger partial charge < -0.3 is 37.4 Å². The SMILES string of the molecule is CC[C@@H]1/C=C(\C)C[C@H](C)C[C@H](OC)[C@H]2O/C(=C/C(=O)N3CCCC[C@H]3C(=O)O[C@H](/C(C)=C/[C@@H]3CC[C@@H](O[Si](C)(C)C(C)(C)C)[C@H](OC)C3)[C@H](C)[C@@H](O[Si](C)(C)C(C)(C)C)CC1=O)[C@@H](C)C[C@@H]2OC. The van der Waals surface area contributed by atoms with E-state index in [1.165, 1.54) is 0 Å². The smallest absolute Gasteiger partial charge is 0.329 e. The van der Waals surface area contributed by atoms with E-state index in [0.717, 1.165) is 49.7 Å². The van der Waals surface area contributed by atoms with Gasteiger partial charge in [0.15, 0.2) is 22.7 Å². The van der Waals surface area contributed by atoms with Crippen LogP contribution in [0.25, 0.3) is 0 Å². The van der Waals surface area contributed by atoms with Gasteiger partial charge in [-0.05, 0) is 132 Å². The lowest BCUT2D eigenvalue weighted by Crippen LogP contribution is -2.51. The molecule has 0 aromatic rings.